The minimum atomic E-state index is -0.206. The number of aliphatic hydroxyl groups is 1. The maximum atomic E-state index is 12.3. The lowest BCUT2D eigenvalue weighted by Gasteiger charge is -2.21. The van der Waals surface area contributed by atoms with E-state index in [0.717, 1.165) is 5.56 Å². The number of amides is 2. The third kappa shape index (κ3) is 6.02. The van der Waals surface area contributed by atoms with Crippen LogP contribution in [-0.2, 0) is 11.3 Å². The Morgan fingerprint density at radius 3 is 2.52 bits per heavy atom. The van der Waals surface area contributed by atoms with E-state index in [1.807, 2.05) is 35.2 Å². The van der Waals surface area contributed by atoms with Crippen molar-refractivity contribution < 1.29 is 14.7 Å². The van der Waals surface area contributed by atoms with E-state index in [4.69, 9.17) is 0 Å². The van der Waals surface area contributed by atoms with Gasteiger partial charge in [0.2, 0.25) is 5.91 Å². The first-order chi connectivity index (χ1) is 12.1. The van der Waals surface area contributed by atoms with Gasteiger partial charge in [-0.25, -0.2) is 0 Å². The molecular formula is C19H23N3O3. The molecule has 25 heavy (non-hydrogen) atoms. The first-order valence-electron chi connectivity index (χ1n) is 8.11. The number of benzene rings is 2. The molecule has 132 valence electrons. The largest absolute Gasteiger partial charge is 0.395 e. The Balaban J connectivity index is 1.98. The number of aliphatic hydroxyl groups excluding tert-OH is 1. The van der Waals surface area contributed by atoms with Gasteiger partial charge in [-0.15, -0.1) is 0 Å². The SMILES string of the molecule is CNC(=O)c1cccc(NC(=O)CN(CCO)Cc2ccccc2)c1. The lowest BCUT2D eigenvalue weighted by Crippen LogP contribution is -2.34. The van der Waals surface area contributed by atoms with E-state index in [9.17, 15) is 14.7 Å². The van der Waals surface area contributed by atoms with E-state index >= 15 is 0 Å². The summed E-state index contributed by atoms with van der Waals surface area (Å²) in [6.07, 6.45) is 0. The van der Waals surface area contributed by atoms with Crippen LogP contribution in [0.25, 0.3) is 0 Å². The number of hydrogen-bond acceptors (Lipinski definition) is 4. The van der Waals surface area contributed by atoms with Crippen LogP contribution in [-0.4, -0.2) is 48.6 Å². The zero-order valence-electron chi connectivity index (χ0n) is 14.2. The van der Waals surface area contributed by atoms with Crippen molar-refractivity contribution in [1.82, 2.24) is 10.2 Å². The number of nitrogens with one attached hydrogen (secondary N) is 2. The molecule has 0 aliphatic carbocycles. The van der Waals surface area contributed by atoms with Crippen LogP contribution in [0.15, 0.2) is 54.6 Å². The van der Waals surface area contributed by atoms with E-state index in [1.165, 1.54) is 0 Å². The number of carbonyl (C=O) groups excluding carboxylic acids is 2. The lowest BCUT2D eigenvalue weighted by atomic mass is 10.2. The molecule has 2 amide bonds. The Morgan fingerprint density at radius 1 is 1.08 bits per heavy atom. The molecule has 0 aromatic heterocycles. The predicted molar refractivity (Wildman–Crippen MR) is 97.3 cm³/mol. The highest BCUT2D eigenvalue weighted by atomic mass is 16.3. The predicted octanol–water partition coefficient (Wildman–Crippen LogP) is 1.48. The molecule has 0 spiro atoms. The van der Waals surface area contributed by atoms with Gasteiger partial charge in [-0.2, -0.15) is 0 Å². The molecule has 0 saturated carbocycles. The highest BCUT2D eigenvalue weighted by Gasteiger charge is 2.12. The number of anilines is 1. The van der Waals surface area contributed by atoms with E-state index in [0.29, 0.717) is 24.3 Å². The topological polar surface area (TPSA) is 81.7 Å². The summed E-state index contributed by atoms with van der Waals surface area (Å²) in [5.74, 6) is -0.402. The summed E-state index contributed by atoms with van der Waals surface area (Å²) in [4.78, 5) is 25.8. The van der Waals surface area contributed by atoms with Crippen molar-refractivity contribution in [2.45, 2.75) is 6.54 Å². The van der Waals surface area contributed by atoms with Crippen molar-refractivity contribution in [2.24, 2.45) is 0 Å². The Morgan fingerprint density at radius 2 is 1.84 bits per heavy atom. The summed E-state index contributed by atoms with van der Waals surface area (Å²) >= 11 is 0. The van der Waals surface area contributed by atoms with Crippen LogP contribution in [0.1, 0.15) is 15.9 Å². The highest BCUT2D eigenvalue weighted by Crippen LogP contribution is 2.11. The van der Waals surface area contributed by atoms with Crippen LogP contribution in [0.3, 0.4) is 0 Å². The summed E-state index contributed by atoms with van der Waals surface area (Å²) in [6, 6.07) is 16.5. The van der Waals surface area contributed by atoms with Gasteiger partial charge in [0, 0.05) is 31.4 Å². The van der Waals surface area contributed by atoms with Crippen molar-refractivity contribution in [3.05, 3.63) is 65.7 Å². The molecule has 0 aliphatic rings. The van der Waals surface area contributed by atoms with Gasteiger partial charge < -0.3 is 15.7 Å². The molecular weight excluding hydrogens is 318 g/mol. The minimum absolute atomic E-state index is 0.0216. The van der Waals surface area contributed by atoms with Crippen LogP contribution in [0.5, 0.6) is 0 Å². The summed E-state index contributed by atoms with van der Waals surface area (Å²) < 4.78 is 0. The number of carbonyl (C=O) groups is 2. The van der Waals surface area contributed by atoms with Crippen molar-refractivity contribution in [1.29, 1.82) is 0 Å². The quantitative estimate of drug-likeness (QED) is 0.679. The third-order valence-corrected chi connectivity index (χ3v) is 3.67. The molecule has 0 radical (unpaired) electrons. The molecule has 6 nitrogen and oxygen atoms in total. The second-order valence-corrected chi connectivity index (χ2v) is 5.63. The van der Waals surface area contributed by atoms with E-state index in [-0.39, 0.29) is 25.0 Å². The van der Waals surface area contributed by atoms with Crippen molar-refractivity contribution in [3.63, 3.8) is 0 Å². The minimum Gasteiger partial charge on any atom is -0.395 e. The average Bonchev–Trinajstić information content (AvgIpc) is 2.62. The normalized spacial score (nSPS) is 10.5. The fourth-order valence-corrected chi connectivity index (χ4v) is 2.48. The second kappa shape index (κ2) is 9.56. The maximum Gasteiger partial charge on any atom is 0.251 e. The molecule has 0 heterocycles. The standard InChI is InChI=1S/C19H23N3O3/c1-20-19(25)16-8-5-9-17(12-16)21-18(24)14-22(10-11-23)13-15-6-3-2-4-7-15/h2-9,12,23H,10-11,13-14H2,1H3,(H,20,25)(H,21,24). The van der Waals surface area contributed by atoms with Crippen molar-refractivity contribution in [3.8, 4) is 0 Å². The second-order valence-electron chi connectivity index (χ2n) is 5.63. The Kier molecular flexibility index (Phi) is 7.13. The molecule has 2 aromatic carbocycles. The average molecular weight is 341 g/mol. The summed E-state index contributed by atoms with van der Waals surface area (Å²) in [7, 11) is 1.56. The van der Waals surface area contributed by atoms with E-state index in [2.05, 4.69) is 10.6 Å². The van der Waals surface area contributed by atoms with Gasteiger partial charge in [0.1, 0.15) is 0 Å². The lowest BCUT2D eigenvalue weighted by molar-refractivity contribution is -0.117. The first-order valence-corrected chi connectivity index (χ1v) is 8.11. The van der Waals surface area contributed by atoms with Gasteiger partial charge >= 0.3 is 0 Å². The monoisotopic (exact) mass is 341 g/mol. The Bertz CT molecular complexity index is 704. The summed E-state index contributed by atoms with van der Waals surface area (Å²) in [5, 5.41) is 14.6. The van der Waals surface area contributed by atoms with Gasteiger partial charge in [0.05, 0.1) is 13.2 Å². The Labute approximate surface area is 147 Å². The molecule has 0 aliphatic heterocycles. The van der Waals surface area contributed by atoms with Gasteiger partial charge in [0.25, 0.3) is 5.91 Å². The molecule has 6 heteroatoms. The fraction of sp³-hybridized carbons (Fsp3) is 0.263. The molecule has 2 aromatic rings. The molecule has 0 bridgehead atoms. The van der Waals surface area contributed by atoms with Crippen LogP contribution < -0.4 is 10.6 Å². The summed E-state index contributed by atoms with van der Waals surface area (Å²) in [6.45, 7) is 1.11. The van der Waals surface area contributed by atoms with Gasteiger partial charge in [-0.3, -0.25) is 14.5 Å². The molecule has 3 N–H and O–H groups in total. The van der Waals surface area contributed by atoms with Crippen LogP contribution >= 0.6 is 0 Å². The molecule has 0 unspecified atom stereocenters. The van der Waals surface area contributed by atoms with E-state index in [1.54, 1.807) is 31.3 Å². The number of hydrogen-bond donors (Lipinski definition) is 3. The zero-order valence-corrected chi connectivity index (χ0v) is 14.2. The maximum absolute atomic E-state index is 12.3. The number of rotatable bonds is 8. The van der Waals surface area contributed by atoms with E-state index < -0.39 is 0 Å². The molecule has 2 rings (SSSR count). The van der Waals surface area contributed by atoms with Crippen LogP contribution in [0.4, 0.5) is 5.69 Å². The summed E-state index contributed by atoms with van der Waals surface area (Å²) in [5.41, 5.74) is 2.12. The smallest absolute Gasteiger partial charge is 0.251 e. The molecule has 0 saturated heterocycles. The zero-order chi connectivity index (χ0) is 18.1. The van der Waals surface area contributed by atoms with Crippen molar-refractivity contribution in [2.75, 3.05) is 32.1 Å². The molecule has 0 atom stereocenters. The molecule has 0 fully saturated rings. The van der Waals surface area contributed by atoms with Crippen molar-refractivity contribution >= 4 is 17.5 Å². The van der Waals surface area contributed by atoms with Gasteiger partial charge in [-0.05, 0) is 23.8 Å². The van der Waals surface area contributed by atoms with Gasteiger partial charge in [-0.1, -0.05) is 36.4 Å². The highest BCUT2D eigenvalue weighted by molar-refractivity contribution is 5.97. The van der Waals surface area contributed by atoms with Gasteiger partial charge in [0.15, 0.2) is 0 Å². The van der Waals surface area contributed by atoms with Crippen LogP contribution in [0.2, 0.25) is 0 Å². The third-order valence-electron chi connectivity index (χ3n) is 3.67. The fourth-order valence-electron chi connectivity index (χ4n) is 2.48. The van der Waals surface area contributed by atoms with Crippen LogP contribution in [0, 0.1) is 0 Å². The first kappa shape index (κ1) is 18.6. The number of nitrogens with zero attached hydrogens (tertiary/aromatic N) is 1. The Hall–Kier alpha value is -2.70.